The third-order valence-electron chi connectivity index (χ3n) is 5.39. The Bertz CT molecular complexity index is 999. The van der Waals surface area contributed by atoms with Crippen molar-refractivity contribution in [3.63, 3.8) is 0 Å². The first-order chi connectivity index (χ1) is 14.9. The van der Waals surface area contributed by atoms with Crippen LogP contribution >= 0.6 is 0 Å². The molecule has 164 valence electrons. The van der Waals surface area contributed by atoms with E-state index in [1.807, 2.05) is 32.3 Å². The second-order valence-electron chi connectivity index (χ2n) is 7.78. The standard InChI is InChI=1S/C24H28N2O5/c1-25(2)13-8-14-26-21(18-11-5-6-12-19(18)31-4)20(23(28)24(26)29)22(27)16-9-7-10-17(15-16)30-3/h5-7,9-12,15,21,27H,8,13-14H2,1-4H3/p+1/b22-20+/t21-/m0/s1. The van der Waals surface area contributed by atoms with Crippen molar-refractivity contribution in [3.8, 4) is 11.5 Å². The summed E-state index contributed by atoms with van der Waals surface area (Å²) >= 11 is 0. The Morgan fingerprint density at radius 2 is 1.81 bits per heavy atom. The maximum Gasteiger partial charge on any atom is 0.295 e. The van der Waals surface area contributed by atoms with Crippen molar-refractivity contribution in [1.82, 2.24) is 4.90 Å². The van der Waals surface area contributed by atoms with E-state index in [1.165, 1.54) is 16.9 Å². The van der Waals surface area contributed by atoms with Gasteiger partial charge in [0.05, 0.1) is 46.5 Å². The fourth-order valence-electron chi connectivity index (χ4n) is 3.86. The van der Waals surface area contributed by atoms with Crippen LogP contribution in [-0.2, 0) is 9.59 Å². The number of benzene rings is 2. The maximum atomic E-state index is 13.1. The third kappa shape index (κ3) is 4.56. The number of hydrogen-bond acceptors (Lipinski definition) is 5. The van der Waals surface area contributed by atoms with Crippen molar-refractivity contribution in [1.29, 1.82) is 0 Å². The van der Waals surface area contributed by atoms with E-state index in [0.717, 1.165) is 13.0 Å². The first kappa shape index (κ1) is 22.4. The van der Waals surface area contributed by atoms with Crippen LogP contribution in [0.3, 0.4) is 0 Å². The molecule has 0 aliphatic carbocycles. The van der Waals surface area contributed by atoms with Gasteiger partial charge in [-0.25, -0.2) is 0 Å². The fourth-order valence-corrected chi connectivity index (χ4v) is 3.86. The number of Topliss-reactive ketones (excluding diaryl/α,β-unsaturated/α-hetero) is 1. The molecule has 1 amide bonds. The number of hydrogen-bond donors (Lipinski definition) is 2. The Morgan fingerprint density at radius 3 is 2.48 bits per heavy atom. The average molecular weight is 426 g/mol. The first-order valence-corrected chi connectivity index (χ1v) is 10.2. The van der Waals surface area contributed by atoms with Crippen molar-refractivity contribution in [2.45, 2.75) is 12.5 Å². The number of nitrogens with one attached hydrogen (secondary N) is 1. The lowest BCUT2D eigenvalue weighted by Gasteiger charge is -2.26. The van der Waals surface area contributed by atoms with E-state index >= 15 is 0 Å². The van der Waals surface area contributed by atoms with Gasteiger partial charge in [-0.1, -0.05) is 30.3 Å². The molecular weight excluding hydrogens is 396 g/mol. The van der Waals surface area contributed by atoms with Crippen LogP contribution in [0.5, 0.6) is 11.5 Å². The van der Waals surface area contributed by atoms with Gasteiger partial charge in [0.15, 0.2) is 0 Å². The smallest absolute Gasteiger partial charge is 0.295 e. The minimum Gasteiger partial charge on any atom is -0.507 e. The molecule has 2 aromatic carbocycles. The lowest BCUT2D eigenvalue weighted by Crippen LogP contribution is -3.05. The molecule has 0 radical (unpaired) electrons. The Labute approximate surface area is 182 Å². The maximum absolute atomic E-state index is 13.1. The van der Waals surface area contributed by atoms with Crippen molar-refractivity contribution >= 4 is 17.4 Å². The van der Waals surface area contributed by atoms with Crippen LogP contribution in [0.15, 0.2) is 54.1 Å². The van der Waals surface area contributed by atoms with Gasteiger partial charge in [-0.15, -0.1) is 0 Å². The number of quaternary nitrogens is 1. The molecular formula is C24H29N2O5+. The lowest BCUT2D eigenvalue weighted by atomic mass is 9.94. The monoisotopic (exact) mass is 425 g/mol. The quantitative estimate of drug-likeness (QED) is 0.382. The van der Waals surface area contributed by atoms with Crippen LogP contribution in [0, 0.1) is 0 Å². The van der Waals surface area contributed by atoms with Crippen LogP contribution in [0.1, 0.15) is 23.6 Å². The molecule has 1 aliphatic heterocycles. The number of aliphatic hydroxyl groups excluding tert-OH is 1. The summed E-state index contributed by atoms with van der Waals surface area (Å²) in [6.07, 6.45) is 0.722. The largest absolute Gasteiger partial charge is 0.507 e. The molecule has 0 aromatic heterocycles. The molecule has 1 heterocycles. The molecule has 0 bridgehead atoms. The van der Waals surface area contributed by atoms with Gasteiger partial charge in [0, 0.05) is 24.1 Å². The average Bonchev–Trinajstić information content (AvgIpc) is 3.03. The zero-order valence-corrected chi connectivity index (χ0v) is 18.3. The van der Waals surface area contributed by atoms with Crippen molar-refractivity contribution in [2.24, 2.45) is 0 Å². The van der Waals surface area contributed by atoms with E-state index in [4.69, 9.17) is 9.47 Å². The molecule has 1 fully saturated rings. The topological polar surface area (TPSA) is 80.5 Å². The van der Waals surface area contributed by atoms with E-state index < -0.39 is 17.7 Å². The Balaban J connectivity index is 2.15. The number of nitrogens with zero attached hydrogens (tertiary/aromatic N) is 1. The summed E-state index contributed by atoms with van der Waals surface area (Å²) in [7, 11) is 7.14. The van der Waals surface area contributed by atoms with Crippen LogP contribution in [0.4, 0.5) is 0 Å². The Hall–Kier alpha value is -3.32. The molecule has 0 spiro atoms. The predicted octanol–water partition coefficient (Wildman–Crippen LogP) is 1.66. The summed E-state index contributed by atoms with van der Waals surface area (Å²) in [4.78, 5) is 28.9. The highest BCUT2D eigenvalue weighted by Crippen LogP contribution is 2.42. The zero-order chi connectivity index (χ0) is 22.5. The first-order valence-electron chi connectivity index (χ1n) is 10.2. The van der Waals surface area contributed by atoms with Crippen LogP contribution in [0.2, 0.25) is 0 Å². The normalized spacial score (nSPS) is 18.0. The van der Waals surface area contributed by atoms with E-state index in [9.17, 15) is 14.7 Å². The van der Waals surface area contributed by atoms with E-state index in [2.05, 4.69) is 0 Å². The Kier molecular flexibility index (Phi) is 6.97. The molecule has 1 atom stereocenters. The highest BCUT2D eigenvalue weighted by molar-refractivity contribution is 6.46. The Morgan fingerprint density at radius 1 is 1.06 bits per heavy atom. The summed E-state index contributed by atoms with van der Waals surface area (Å²) in [5, 5.41) is 11.1. The van der Waals surface area contributed by atoms with E-state index in [1.54, 1.807) is 37.4 Å². The number of ether oxygens (including phenoxy) is 2. The van der Waals surface area contributed by atoms with Crippen molar-refractivity contribution < 1.29 is 29.1 Å². The molecule has 7 nitrogen and oxygen atoms in total. The summed E-state index contributed by atoms with van der Waals surface area (Å²) in [5.41, 5.74) is 1.13. The highest BCUT2D eigenvalue weighted by Gasteiger charge is 2.46. The minimum atomic E-state index is -0.737. The molecule has 31 heavy (non-hydrogen) atoms. The summed E-state index contributed by atoms with van der Waals surface area (Å²) in [5.74, 6) is -0.452. The number of carbonyl (C=O) groups excluding carboxylic acids is 2. The summed E-state index contributed by atoms with van der Waals surface area (Å²) in [6.45, 7) is 1.24. The number of carbonyl (C=O) groups is 2. The van der Waals surface area contributed by atoms with Crippen molar-refractivity contribution in [2.75, 3.05) is 41.4 Å². The number of methoxy groups -OCH3 is 2. The minimum absolute atomic E-state index is 0.0555. The van der Waals surface area contributed by atoms with E-state index in [0.29, 0.717) is 29.2 Å². The second-order valence-corrected chi connectivity index (χ2v) is 7.78. The fraction of sp³-hybridized carbons (Fsp3) is 0.333. The van der Waals surface area contributed by atoms with Gasteiger partial charge >= 0.3 is 0 Å². The molecule has 7 heteroatoms. The van der Waals surface area contributed by atoms with Gasteiger partial charge in [0.25, 0.3) is 11.7 Å². The number of aliphatic hydroxyl groups is 1. The van der Waals surface area contributed by atoms with Crippen molar-refractivity contribution in [3.05, 3.63) is 65.2 Å². The van der Waals surface area contributed by atoms with Gasteiger partial charge in [-0.3, -0.25) is 9.59 Å². The molecule has 0 saturated carbocycles. The molecule has 0 unspecified atom stereocenters. The van der Waals surface area contributed by atoms with Crippen LogP contribution < -0.4 is 14.4 Å². The number of amides is 1. The predicted molar refractivity (Wildman–Crippen MR) is 117 cm³/mol. The zero-order valence-electron chi connectivity index (χ0n) is 18.3. The SMILES string of the molecule is COc1cccc(/C(O)=C2\C(=O)C(=O)N(CCC[NH+](C)C)[C@H]2c2ccccc2OC)c1. The third-order valence-corrected chi connectivity index (χ3v) is 5.39. The summed E-state index contributed by atoms with van der Waals surface area (Å²) in [6, 6.07) is 13.3. The number of rotatable bonds is 8. The highest BCUT2D eigenvalue weighted by atomic mass is 16.5. The second kappa shape index (κ2) is 9.66. The van der Waals surface area contributed by atoms with Gasteiger partial charge < -0.3 is 24.4 Å². The summed E-state index contributed by atoms with van der Waals surface area (Å²) < 4.78 is 10.8. The van der Waals surface area contributed by atoms with Gasteiger partial charge in [0.2, 0.25) is 0 Å². The lowest BCUT2D eigenvalue weighted by molar-refractivity contribution is -0.858. The molecule has 2 aromatic rings. The van der Waals surface area contributed by atoms with E-state index in [-0.39, 0.29) is 11.3 Å². The number of ketones is 1. The van der Waals surface area contributed by atoms with Gasteiger partial charge in [-0.05, 0) is 18.2 Å². The molecule has 3 rings (SSSR count). The van der Waals surface area contributed by atoms with Gasteiger partial charge in [-0.2, -0.15) is 0 Å². The molecule has 1 saturated heterocycles. The van der Waals surface area contributed by atoms with Crippen LogP contribution in [-0.4, -0.2) is 63.1 Å². The number of para-hydroxylation sites is 1. The van der Waals surface area contributed by atoms with Gasteiger partial charge in [0.1, 0.15) is 17.3 Å². The van der Waals surface area contributed by atoms with Crippen LogP contribution in [0.25, 0.3) is 5.76 Å². The number of likely N-dealkylation sites (tertiary alicyclic amines) is 1. The molecule has 2 N–H and O–H groups in total. The molecule has 1 aliphatic rings.